The second-order valence-electron chi connectivity index (χ2n) is 3.43. The summed E-state index contributed by atoms with van der Waals surface area (Å²) < 4.78 is 4.89. The molecule has 2 rings (SSSR count). The normalized spacial score (nSPS) is 11.2. The number of nitrogens with two attached hydrogens (primary N) is 1. The molecule has 0 atom stereocenters. The first kappa shape index (κ1) is 11.7. The number of phenolic OH excluding ortho intramolecular Hbond substituents is 1. The molecule has 0 aliphatic rings. The van der Waals surface area contributed by atoms with E-state index in [1.807, 2.05) is 0 Å². The van der Waals surface area contributed by atoms with Crippen LogP contribution in [0.15, 0.2) is 52.2 Å². The molecule has 2 aromatic rings. The van der Waals surface area contributed by atoms with E-state index in [0.717, 1.165) is 0 Å². The molecule has 6 heteroatoms. The van der Waals surface area contributed by atoms with E-state index in [1.165, 1.54) is 18.4 Å². The monoisotopic (exact) mass is 245 g/mol. The lowest BCUT2D eigenvalue weighted by Gasteiger charge is -2.03. The average molecular weight is 245 g/mol. The molecular formula is C12H11N3O3. The number of aromatic hydroxyl groups is 1. The number of carbonyl (C=O) groups is 1. The number of amidine groups is 1. The van der Waals surface area contributed by atoms with Crippen LogP contribution in [-0.2, 0) is 0 Å². The van der Waals surface area contributed by atoms with Gasteiger partial charge in [-0.15, -0.1) is 0 Å². The van der Waals surface area contributed by atoms with Gasteiger partial charge in [0.05, 0.1) is 11.8 Å². The van der Waals surface area contributed by atoms with Crippen LogP contribution in [0, 0.1) is 0 Å². The van der Waals surface area contributed by atoms with Gasteiger partial charge in [0.25, 0.3) is 0 Å². The number of nitrogens with zero attached hydrogens (tertiary/aromatic N) is 1. The lowest BCUT2D eigenvalue weighted by Crippen LogP contribution is -2.23. The first-order chi connectivity index (χ1) is 8.68. The molecule has 0 aliphatic heterocycles. The molecule has 0 radical (unpaired) electrons. The van der Waals surface area contributed by atoms with Crippen molar-refractivity contribution in [3.05, 3.63) is 54.0 Å². The molecule has 1 aromatic carbocycles. The summed E-state index contributed by atoms with van der Waals surface area (Å²) in [5.41, 5.74) is 8.22. The Balaban J connectivity index is 2.11. The molecular weight excluding hydrogens is 234 g/mol. The van der Waals surface area contributed by atoms with Crippen molar-refractivity contribution >= 4 is 11.7 Å². The number of hydrazone groups is 1. The highest BCUT2D eigenvalue weighted by atomic mass is 16.3. The Labute approximate surface area is 103 Å². The van der Waals surface area contributed by atoms with Crippen LogP contribution in [0.5, 0.6) is 5.75 Å². The van der Waals surface area contributed by atoms with Crippen LogP contribution < -0.4 is 11.2 Å². The van der Waals surface area contributed by atoms with E-state index in [2.05, 4.69) is 10.5 Å². The highest BCUT2D eigenvalue weighted by Gasteiger charge is 2.08. The van der Waals surface area contributed by atoms with Crippen molar-refractivity contribution < 1.29 is 14.3 Å². The van der Waals surface area contributed by atoms with E-state index >= 15 is 0 Å². The summed E-state index contributed by atoms with van der Waals surface area (Å²) in [4.78, 5) is 11.5. The second kappa shape index (κ2) is 5.05. The third-order valence-electron chi connectivity index (χ3n) is 2.20. The van der Waals surface area contributed by atoms with Gasteiger partial charge < -0.3 is 15.3 Å². The topological polar surface area (TPSA) is 101 Å². The molecule has 1 heterocycles. The van der Waals surface area contributed by atoms with Gasteiger partial charge in [-0.3, -0.25) is 4.79 Å². The van der Waals surface area contributed by atoms with E-state index in [9.17, 15) is 9.90 Å². The van der Waals surface area contributed by atoms with E-state index in [0.29, 0.717) is 5.56 Å². The Morgan fingerprint density at radius 1 is 1.28 bits per heavy atom. The van der Waals surface area contributed by atoms with Crippen molar-refractivity contribution in [1.29, 1.82) is 0 Å². The lowest BCUT2D eigenvalue weighted by molar-refractivity contribution is 0.0927. The average Bonchev–Trinajstić information content (AvgIpc) is 2.90. The summed E-state index contributed by atoms with van der Waals surface area (Å²) in [6, 6.07) is 9.52. The number of amides is 1. The first-order valence-electron chi connectivity index (χ1n) is 5.14. The predicted octanol–water partition coefficient (Wildman–Crippen LogP) is 1.04. The molecule has 4 N–H and O–H groups in total. The summed E-state index contributed by atoms with van der Waals surface area (Å²) in [6.07, 6.45) is 1.38. The van der Waals surface area contributed by atoms with Gasteiger partial charge in [-0.25, -0.2) is 5.43 Å². The van der Waals surface area contributed by atoms with Gasteiger partial charge in [0.1, 0.15) is 5.75 Å². The van der Waals surface area contributed by atoms with Crippen molar-refractivity contribution in [3.8, 4) is 5.75 Å². The number of benzene rings is 1. The minimum Gasteiger partial charge on any atom is -0.507 e. The molecule has 1 aromatic heterocycles. The third kappa shape index (κ3) is 2.49. The maximum atomic E-state index is 11.5. The largest absolute Gasteiger partial charge is 0.507 e. The van der Waals surface area contributed by atoms with Gasteiger partial charge in [-0.05, 0) is 24.3 Å². The number of furan rings is 1. The summed E-state index contributed by atoms with van der Waals surface area (Å²) >= 11 is 0. The zero-order valence-corrected chi connectivity index (χ0v) is 9.33. The fraction of sp³-hybridized carbons (Fsp3) is 0. The summed E-state index contributed by atoms with van der Waals surface area (Å²) in [5.74, 6) is -0.388. The molecule has 0 saturated carbocycles. The van der Waals surface area contributed by atoms with Gasteiger partial charge in [-0.2, -0.15) is 5.10 Å². The smallest absolute Gasteiger partial charge is 0.307 e. The summed E-state index contributed by atoms with van der Waals surface area (Å²) in [6.45, 7) is 0. The van der Waals surface area contributed by atoms with Crippen LogP contribution in [0.4, 0.5) is 0 Å². The van der Waals surface area contributed by atoms with Crippen LogP contribution in [0.3, 0.4) is 0 Å². The number of para-hydroxylation sites is 1. The third-order valence-corrected chi connectivity index (χ3v) is 2.20. The number of rotatable bonds is 3. The lowest BCUT2D eigenvalue weighted by atomic mass is 10.2. The maximum Gasteiger partial charge on any atom is 0.307 e. The Kier molecular flexibility index (Phi) is 3.29. The predicted molar refractivity (Wildman–Crippen MR) is 65.0 cm³/mol. The van der Waals surface area contributed by atoms with Crippen LogP contribution >= 0.6 is 0 Å². The molecule has 0 spiro atoms. The molecule has 0 bridgehead atoms. The number of phenols is 1. The summed E-state index contributed by atoms with van der Waals surface area (Å²) in [5, 5.41) is 13.2. The van der Waals surface area contributed by atoms with Crippen LogP contribution in [0.25, 0.3) is 0 Å². The molecule has 1 amide bonds. The standard InChI is InChI=1S/C12H11N3O3/c13-11(8-4-1-2-5-9(8)16)14-15-12(17)10-6-3-7-18-10/h1-7,16H,(H2,13,14)(H,15,17). The molecule has 18 heavy (non-hydrogen) atoms. The highest BCUT2D eigenvalue weighted by molar-refractivity contribution is 6.01. The zero-order valence-electron chi connectivity index (χ0n) is 9.33. The summed E-state index contributed by atoms with van der Waals surface area (Å²) in [7, 11) is 0. The molecule has 0 saturated heterocycles. The van der Waals surface area contributed by atoms with Gasteiger partial charge in [0.15, 0.2) is 11.6 Å². The molecule has 0 aliphatic carbocycles. The van der Waals surface area contributed by atoms with Crippen molar-refractivity contribution in [3.63, 3.8) is 0 Å². The van der Waals surface area contributed by atoms with Crippen molar-refractivity contribution in [2.45, 2.75) is 0 Å². The van der Waals surface area contributed by atoms with Crippen LogP contribution in [0.2, 0.25) is 0 Å². The second-order valence-corrected chi connectivity index (χ2v) is 3.43. The van der Waals surface area contributed by atoms with E-state index in [4.69, 9.17) is 10.2 Å². The first-order valence-corrected chi connectivity index (χ1v) is 5.14. The Morgan fingerprint density at radius 2 is 2.06 bits per heavy atom. The van der Waals surface area contributed by atoms with Crippen molar-refractivity contribution in [2.75, 3.05) is 0 Å². The quantitative estimate of drug-likeness (QED) is 0.427. The molecule has 6 nitrogen and oxygen atoms in total. The molecule has 0 unspecified atom stereocenters. The number of hydrogen-bond donors (Lipinski definition) is 3. The zero-order chi connectivity index (χ0) is 13.0. The number of hydrogen-bond acceptors (Lipinski definition) is 4. The Bertz CT molecular complexity index is 576. The van der Waals surface area contributed by atoms with Gasteiger partial charge >= 0.3 is 5.91 Å². The van der Waals surface area contributed by atoms with Crippen LogP contribution in [-0.4, -0.2) is 16.8 Å². The Morgan fingerprint density at radius 3 is 2.72 bits per heavy atom. The van der Waals surface area contributed by atoms with Gasteiger partial charge in [-0.1, -0.05) is 12.1 Å². The number of nitrogens with one attached hydrogen (secondary N) is 1. The maximum absolute atomic E-state index is 11.5. The highest BCUT2D eigenvalue weighted by Crippen LogP contribution is 2.14. The van der Waals surface area contributed by atoms with E-state index in [1.54, 1.807) is 24.3 Å². The van der Waals surface area contributed by atoms with E-state index in [-0.39, 0.29) is 17.3 Å². The van der Waals surface area contributed by atoms with Crippen molar-refractivity contribution in [1.82, 2.24) is 5.43 Å². The molecule has 0 fully saturated rings. The fourth-order valence-electron chi connectivity index (χ4n) is 1.32. The van der Waals surface area contributed by atoms with Crippen LogP contribution in [0.1, 0.15) is 16.1 Å². The minimum atomic E-state index is -0.515. The SMILES string of the molecule is N/C(=N\NC(=O)c1ccco1)c1ccccc1O. The number of carbonyl (C=O) groups excluding carboxylic acids is 1. The van der Waals surface area contributed by atoms with E-state index < -0.39 is 5.91 Å². The molecule has 92 valence electrons. The van der Waals surface area contributed by atoms with Crippen molar-refractivity contribution in [2.24, 2.45) is 10.8 Å². The van der Waals surface area contributed by atoms with Gasteiger partial charge in [0, 0.05) is 0 Å². The minimum absolute atomic E-state index is 0.00741. The van der Waals surface area contributed by atoms with Gasteiger partial charge in [0.2, 0.25) is 0 Å². The fourth-order valence-corrected chi connectivity index (χ4v) is 1.32. The Hall–Kier alpha value is -2.76.